The molecule has 2 rings (SSSR count). The molecule has 6 heteroatoms. The maximum atomic E-state index is 5.82. The Morgan fingerprint density at radius 1 is 1.45 bits per heavy atom. The van der Waals surface area contributed by atoms with Crippen LogP contribution in [0, 0.1) is 13.8 Å². The molecule has 106 valence electrons. The summed E-state index contributed by atoms with van der Waals surface area (Å²) in [5.74, 6) is 0.670. The van der Waals surface area contributed by atoms with E-state index in [4.69, 9.17) is 18.0 Å². The highest BCUT2D eigenvalue weighted by molar-refractivity contribution is 7.80. The predicted molar refractivity (Wildman–Crippen MR) is 88.5 cm³/mol. The van der Waals surface area contributed by atoms with Crippen LogP contribution in [0.5, 0.6) is 0 Å². The zero-order chi connectivity index (χ0) is 14.7. The number of nitrogens with two attached hydrogens (primary N) is 1. The van der Waals surface area contributed by atoms with Crippen LogP contribution in [-0.2, 0) is 6.42 Å². The number of thiocarbonyl (C=S) groups is 1. The van der Waals surface area contributed by atoms with Gasteiger partial charge in [0.1, 0.15) is 4.99 Å². The van der Waals surface area contributed by atoms with Crippen molar-refractivity contribution < 1.29 is 0 Å². The average Bonchev–Trinajstić information content (AvgIpc) is 2.86. The number of thiophene rings is 1. The van der Waals surface area contributed by atoms with Crippen molar-refractivity contribution in [3.8, 4) is 0 Å². The van der Waals surface area contributed by atoms with E-state index in [1.165, 1.54) is 5.56 Å². The second-order valence-electron chi connectivity index (χ2n) is 4.88. The summed E-state index contributed by atoms with van der Waals surface area (Å²) in [6, 6.07) is 2.36. The molecule has 0 aliphatic carbocycles. The Bertz CT molecular complexity index is 608. The predicted octanol–water partition coefficient (Wildman–Crippen LogP) is 2.83. The van der Waals surface area contributed by atoms with Crippen LogP contribution in [-0.4, -0.2) is 21.2 Å². The fourth-order valence-corrected chi connectivity index (χ4v) is 2.99. The third-order valence-corrected chi connectivity index (χ3v) is 4.14. The van der Waals surface area contributed by atoms with Crippen molar-refractivity contribution in [1.82, 2.24) is 10.2 Å². The van der Waals surface area contributed by atoms with Crippen molar-refractivity contribution in [2.75, 3.05) is 5.32 Å². The Balaban J connectivity index is 2.20. The molecule has 1 unspecified atom stereocenters. The van der Waals surface area contributed by atoms with Gasteiger partial charge in [0, 0.05) is 6.04 Å². The third kappa shape index (κ3) is 3.32. The lowest BCUT2D eigenvalue weighted by atomic mass is 10.1. The molecule has 0 saturated carbocycles. The van der Waals surface area contributed by atoms with E-state index in [2.05, 4.69) is 39.3 Å². The summed E-state index contributed by atoms with van der Waals surface area (Å²) in [4.78, 5) is 0.353. The summed E-state index contributed by atoms with van der Waals surface area (Å²) in [6.07, 6.45) is 0.925. The van der Waals surface area contributed by atoms with Gasteiger partial charge in [0.25, 0.3) is 0 Å². The number of anilines is 1. The first kappa shape index (κ1) is 14.9. The highest BCUT2D eigenvalue weighted by atomic mass is 32.1. The first-order chi connectivity index (χ1) is 9.49. The van der Waals surface area contributed by atoms with Gasteiger partial charge >= 0.3 is 0 Å². The van der Waals surface area contributed by atoms with Crippen molar-refractivity contribution in [2.45, 2.75) is 33.2 Å². The molecule has 0 aliphatic rings. The van der Waals surface area contributed by atoms with Crippen LogP contribution >= 0.6 is 23.6 Å². The van der Waals surface area contributed by atoms with E-state index in [-0.39, 0.29) is 6.04 Å². The van der Waals surface area contributed by atoms with Crippen molar-refractivity contribution in [1.29, 1.82) is 0 Å². The van der Waals surface area contributed by atoms with Gasteiger partial charge in [0.2, 0.25) is 0 Å². The summed E-state index contributed by atoms with van der Waals surface area (Å²) < 4.78 is 0. The zero-order valence-electron chi connectivity index (χ0n) is 11.8. The third-order valence-electron chi connectivity index (χ3n) is 3.21. The Kier molecular flexibility index (Phi) is 4.67. The number of hydrogen-bond acceptors (Lipinski definition) is 5. The molecular weight excluding hydrogens is 288 g/mol. The van der Waals surface area contributed by atoms with Gasteiger partial charge in [-0.15, -0.1) is 5.10 Å². The average molecular weight is 306 g/mol. The molecule has 0 aliphatic heterocycles. The van der Waals surface area contributed by atoms with Crippen LogP contribution < -0.4 is 11.1 Å². The largest absolute Gasteiger partial charge is 0.389 e. The van der Waals surface area contributed by atoms with E-state index in [1.807, 2.05) is 13.8 Å². The molecule has 0 aromatic carbocycles. The van der Waals surface area contributed by atoms with E-state index in [1.54, 1.807) is 11.3 Å². The fourth-order valence-electron chi connectivity index (χ4n) is 2.06. The first-order valence-corrected chi connectivity index (χ1v) is 7.75. The normalized spacial score (nSPS) is 12.2. The van der Waals surface area contributed by atoms with E-state index >= 15 is 0 Å². The quantitative estimate of drug-likeness (QED) is 0.832. The number of nitrogens with zero attached hydrogens (tertiary/aromatic N) is 2. The second kappa shape index (κ2) is 6.28. The molecule has 2 heterocycles. The minimum absolute atomic E-state index is 0.231. The minimum Gasteiger partial charge on any atom is -0.389 e. The van der Waals surface area contributed by atoms with Crippen LogP contribution in [0.15, 0.2) is 16.8 Å². The molecule has 0 saturated heterocycles. The van der Waals surface area contributed by atoms with Crippen molar-refractivity contribution in [3.63, 3.8) is 0 Å². The topological polar surface area (TPSA) is 63.8 Å². The van der Waals surface area contributed by atoms with E-state index in [0.717, 1.165) is 23.2 Å². The molecule has 4 nitrogen and oxygen atoms in total. The molecule has 2 aromatic rings. The SMILES string of the molecule is Cc1nnc(NC(C)Cc2ccsc2)c(C(N)=S)c1C. The van der Waals surface area contributed by atoms with Gasteiger partial charge < -0.3 is 11.1 Å². The fraction of sp³-hybridized carbons (Fsp3) is 0.357. The van der Waals surface area contributed by atoms with Gasteiger partial charge in [-0.2, -0.15) is 16.4 Å². The Morgan fingerprint density at radius 2 is 2.20 bits per heavy atom. The number of aromatic nitrogens is 2. The standard InChI is InChI=1S/C14H18N4S2/c1-8(6-11-4-5-20-7-11)16-14-12(13(15)19)9(2)10(3)17-18-14/h4-5,7-8H,6H2,1-3H3,(H2,15,19)(H,16,18). The molecular formula is C14H18N4S2. The van der Waals surface area contributed by atoms with Crippen molar-refractivity contribution in [2.24, 2.45) is 5.73 Å². The molecule has 0 bridgehead atoms. The number of rotatable bonds is 5. The van der Waals surface area contributed by atoms with Crippen LogP contribution in [0.4, 0.5) is 5.82 Å². The van der Waals surface area contributed by atoms with E-state index in [9.17, 15) is 0 Å². The van der Waals surface area contributed by atoms with E-state index < -0.39 is 0 Å². The van der Waals surface area contributed by atoms with Gasteiger partial charge in [-0.25, -0.2) is 0 Å². The molecule has 0 radical (unpaired) electrons. The lowest BCUT2D eigenvalue weighted by Gasteiger charge is -2.17. The molecule has 20 heavy (non-hydrogen) atoms. The number of nitrogens with one attached hydrogen (secondary N) is 1. The molecule has 2 aromatic heterocycles. The molecule has 0 spiro atoms. The van der Waals surface area contributed by atoms with Crippen LogP contribution in [0.2, 0.25) is 0 Å². The second-order valence-corrected chi connectivity index (χ2v) is 6.10. The lowest BCUT2D eigenvalue weighted by molar-refractivity contribution is 0.778. The summed E-state index contributed by atoms with van der Waals surface area (Å²) in [5.41, 5.74) is 9.76. The lowest BCUT2D eigenvalue weighted by Crippen LogP contribution is -2.24. The van der Waals surface area contributed by atoms with Crippen molar-refractivity contribution in [3.05, 3.63) is 39.2 Å². The number of aryl methyl sites for hydroxylation is 1. The van der Waals surface area contributed by atoms with Gasteiger partial charge in [-0.1, -0.05) is 12.2 Å². The monoisotopic (exact) mass is 306 g/mol. The Morgan fingerprint density at radius 3 is 2.80 bits per heavy atom. The van der Waals surface area contributed by atoms with Crippen LogP contribution in [0.3, 0.4) is 0 Å². The first-order valence-electron chi connectivity index (χ1n) is 6.40. The molecule has 3 N–H and O–H groups in total. The summed E-state index contributed by atoms with van der Waals surface area (Å²) in [6.45, 7) is 5.98. The Labute approximate surface area is 128 Å². The molecule has 1 atom stereocenters. The summed E-state index contributed by atoms with van der Waals surface area (Å²) in [7, 11) is 0. The van der Waals surface area contributed by atoms with E-state index in [0.29, 0.717) is 10.8 Å². The Hall–Kier alpha value is -1.53. The zero-order valence-corrected chi connectivity index (χ0v) is 13.4. The van der Waals surface area contributed by atoms with Crippen LogP contribution in [0.25, 0.3) is 0 Å². The maximum Gasteiger partial charge on any atom is 0.159 e. The van der Waals surface area contributed by atoms with Crippen LogP contribution in [0.1, 0.15) is 29.3 Å². The molecule has 0 fully saturated rings. The summed E-state index contributed by atoms with van der Waals surface area (Å²) in [5, 5.41) is 15.9. The highest BCUT2D eigenvalue weighted by Gasteiger charge is 2.15. The maximum absolute atomic E-state index is 5.82. The van der Waals surface area contributed by atoms with Gasteiger partial charge in [-0.05, 0) is 55.1 Å². The van der Waals surface area contributed by atoms with Gasteiger partial charge in [-0.3, -0.25) is 0 Å². The molecule has 0 amide bonds. The minimum atomic E-state index is 0.231. The highest BCUT2D eigenvalue weighted by Crippen LogP contribution is 2.20. The van der Waals surface area contributed by atoms with Gasteiger partial charge in [0.15, 0.2) is 5.82 Å². The van der Waals surface area contributed by atoms with Gasteiger partial charge in [0.05, 0.1) is 11.3 Å². The van der Waals surface area contributed by atoms with Crippen molar-refractivity contribution >= 4 is 34.4 Å². The summed E-state index contributed by atoms with van der Waals surface area (Å²) >= 11 is 6.84. The number of hydrogen-bond donors (Lipinski definition) is 2. The smallest absolute Gasteiger partial charge is 0.159 e.